The van der Waals surface area contributed by atoms with E-state index in [0.29, 0.717) is 17.8 Å². The van der Waals surface area contributed by atoms with Crippen molar-refractivity contribution in [2.45, 2.75) is 50.9 Å². The summed E-state index contributed by atoms with van der Waals surface area (Å²) in [6, 6.07) is 11.1. The maximum absolute atomic E-state index is 14.8. The Labute approximate surface area is 175 Å². The number of amides is 1. The van der Waals surface area contributed by atoms with Crippen molar-refractivity contribution in [3.05, 3.63) is 65.2 Å². The third-order valence-corrected chi connectivity index (χ3v) is 6.75. The lowest BCUT2D eigenvalue weighted by Gasteiger charge is -2.33. The van der Waals surface area contributed by atoms with Crippen LogP contribution in [0.25, 0.3) is 22.5 Å². The molecular weight excluding hydrogens is 377 g/mol. The number of pyridine rings is 1. The van der Waals surface area contributed by atoms with Gasteiger partial charge in [-0.3, -0.25) is 9.78 Å². The van der Waals surface area contributed by atoms with Gasteiger partial charge < -0.3 is 10.3 Å². The molecule has 0 saturated heterocycles. The van der Waals surface area contributed by atoms with Crippen LogP contribution in [0.1, 0.15) is 67.1 Å². The molecule has 0 bridgehead atoms. The van der Waals surface area contributed by atoms with Crippen LogP contribution in [0.5, 0.6) is 0 Å². The van der Waals surface area contributed by atoms with Gasteiger partial charge in [-0.15, -0.1) is 0 Å². The van der Waals surface area contributed by atoms with Crippen molar-refractivity contribution >= 4 is 5.91 Å². The second kappa shape index (κ2) is 7.08. The number of fused-ring (bicyclic) bond motifs is 2. The summed E-state index contributed by atoms with van der Waals surface area (Å²) in [6.07, 6.45) is 6.26. The molecule has 1 fully saturated rings. The normalized spacial score (nSPS) is 17.4. The highest BCUT2D eigenvalue weighted by molar-refractivity contribution is 5.98. The summed E-state index contributed by atoms with van der Waals surface area (Å²) < 4.78 is 14.8. The number of H-pyrrole nitrogens is 1. The quantitative estimate of drug-likeness (QED) is 0.601. The molecule has 1 aromatic carbocycles. The van der Waals surface area contributed by atoms with Crippen LogP contribution >= 0.6 is 0 Å². The van der Waals surface area contributed by atoms with Gasteiger partial charge in [0.1, 0.15) is 5.82 Å². The summed E-state index contributed by atoms with van der Waals surface area (Å²) in [6.45, 7) is 4.80. The number of nitrogens with one attached hydrogen (secondary N) is 2. The fraction of sp³-hybridized carbons (Fsp3) is 0.360. The van der Waals surface area contributed by atoms with Gasteiger partial charge in [-0.1, -0.05) is 32.8 Å². The Morgan fingerprint density at radius 2 is 1.87 bits per heavy atom. The van der Waals surface area contributed by atoms with E-state index in [-0.39, 0.29) is 23.1 Å². The van der Waals surface area contributed by atoms with E-state index in [1.165, 1.54) is 12.8 Å². The van der Waals surface area contributed by atoms with Crippen LogP contribution < -0.4 is 5.32 Å². The molecule has 2 aliphatic rings. The van der Waals surface area contributed by atoms with E-state index in [1.54, 1.807) is 18.3 Å². The summed E-state index contributed by atoms with van der Waals surface area (Å²) in [5, 5.41) is 3.07. The van der Waals surface area contributed by atoms with Crippen LogP contribution in [0, 0.1) is 5.82 Å². The minimum Gasteiger partial charge on any atom is -0.357 e. The Balaban J connectivity index is 1.55. The van der Waals surface area contributed by atoms with Crippen LogP contribution in [-0.4, -0.2) is 22.4 Å². The summed E-state index contributed by atoms with van der Waals surface area (Å²) in [7, 11) is 0. The summed E-state index contributed by atoms with van der Waals surface area (Å²) in [4.78, 5) is 20.5. The molecular formula is C25H26FN3O. The number of halogens is 1. The van der Waals surface area contributed by atoms with E-state index in [1.807, 2.05) is 38.1 Å². The Bertz CT molecular complexity index is 1130. The van der Waals surface area contributed by atoms with Gasteiger partial charge in [-0.25, -0.2) is 4.39 Å². The van der Waals surface area contributed by atoms with Crippen molar-refractivity contribution in [1.82, 2.24) is 15.3 Å². The van der Waals surface area contributed by atoms with Crippen molar-refractivity contribution < 1.29 is 9.18 Å². The highest BCUT2D eigenvalue weighted by Crippen LogP contribution is 2.44. The second-order valence-corrected chi connectivity index (χ2v) is 8.97. The first-order valence-corrected chi connectivity index (χ1v) is 10.7. The number of nitrogens with zero attached hydrogens (tertiary/aromatic N) is 1. The van der Waals surface area contributed by atoms with Crippen LogP contribution in [0.4, 0.5) is 4.39 Å². The molecule has 5 rings (SSSR count). The average Bonchev–Trinajstić information content (AvgIpc) is 3.40. The molecule has 1 spiro atoms. The van der Waals surface area contributed by atoms with Gasteiger partial charge in [-0.2, -0.15) is 0 Å². The fourth-order valence-corrected chi connectivity index (χ4v) is 4.96. The van der Waals surface area contributed by atoms with E-state index in [0.717, 1.165) is 40.9 Å². The molecule has 3 aromatic rings. The number of hydrogen-bond acceptors (Lipinski definition) is 2. The van der Waals surface area contributed by atoms with E-state index in [4.69, 9.17) is 0 Å². The molecule has 2 aromatic heterocycles. The van der Waals surface area contributed by atoms with Gasteiger partial charge in [-0.05, 0) is 54.7 Å². The number of aromatic amines is 1. The predicted octanol–water partition coefficient (Wildman–Crippen LogP) is 5.56. The van der Waals surface area contributed by atoms with Crippen LogP contribution in [-0.2, 0) is 5.41 Å². The van der Waals surface area contributed by atoms with Crippen molar-refractivity contribution in [1.29, 1.82) is 0 Å². The topological polar surface area (TPSA) is 57.8 Å². The summed E-state index contributed by atoms with van der Waals surface area (Å²) >= 11 is 0. The zero-order valence-corrected chi connectivity index (χ0v) is 17.4. The number of rotatable bonds is 3. The average molecular weight is 404 g/mol. The maximum Gasteiger partial charge on any atom is 0.253 e. The first-order chi connectivity index (χ1) is 14.5. The number of hydrogen-bond donors (Lipinski definition) is 2. The lowest BCUT2D eigenvalue weighted by atomic mass is 9.78. The van der Waals surface area contributed by atoms with Gasteiger partial charge in [0.2, 0.25) is 0 Å². The minimum absolute atomic E-state index is 0.0189. The second-order valence-electron chi connectivity index (χ2n) is 8.97. The first-order valence-electron chi connectivity index (χ1n) is 10.7. The number of aromatic nitrogens is 2. The van der Waals surface area contributed by atoms with Gasteiger partial charge in [0.05, 0.1) is 11.3 Å². The van der Waals surface area contributed by atoms with Crippen molar-refractivity contribution in [2.24, 2.45) is 0 Å². The number of carbonyl (C=O) groups is 1. The van der Waals surface area contributed by atoms with E-state index < -0.39 is 0 Å². The molecule has 2 N–H and O–H groups in total. The minimum atomic E-state index is -0.263. The van der Waals surface area contributed by atoms with Crippen LogP contribution in [0.15, 0.2) is 42.6 Å². The summed E-state index contributed by atoms with van der Waals surface area (Å²) in [5.74, 6) is -0.0114. The molecule has 5 heteroatoms. The third-order valence-electron chi connectivity index (χ3n) is 6.75. The van der Waals surface area contributed by atoms with E-state index in [9.17, 15) is 9.18 Å². The van der Waals surface area contributed by atoms with Gasteiger partial charge in [0, 0.05) is 40.7 Å². The zero-order valence-electron chi connectivity index (χ0n) is 17.4. The molecule has 3 heterocycles. The fourth-order valence-electron chi connectivity index (χ4n) is 4.96. The molecule has 1 saturated carbocycles. The monoisotopic (exact) mass is 403 g/mol. The lowest BCUT2D eigenvalue weighted by molar-refractivity contribution is 0.0924. The van der Waals surface area contributed by atoms with Crippen LogP contribution in [0.2, 0.25) is 0 Å². The molecule has 0 radical (unpaired) electrons. The highest BCUT2D eigenvalue weighted by atomic mass is 19.1. The van der Waals surface area contributed by atoms with Crippen molar-refractivity contribution in [3.8, 4) is 22.5 Å². The highest BCUT2D eigenvalue weighted by Gasteiger charge is 2.43. The Morgan fingerprint density at radius 1 is 1.07 bits per heavy atom. The van der Waals surface area contributed by atoms with Crippen LogP contribution in [0.3, 0.4) is 0 Å². The first kappa shape index (κ1) is 19.0. The molecule has 30 heavy (non-hydrogen) atoms. The Hall–Kier alpha value is -2.95. The zero-order chi connectivity index (χ0) is 20.9. The Morgan fingerprint density at radius 3 is 2.60 bits per heavy atom. The molecule has 0 atom stereocenters. The number of benzene rings is 1. The third kappa shape index (κ3) is 3.04. The molecule has 4 nitrogen and oxygen atoms in total. The Kier molecular flexibility index (Phi) is 4.49. The maximum atomic E-state index is 14.8. The lowest BCUT2D eigenvalue weighted by Crippen LogP contribution is -2.45. The summed E-state index contributed by atoms with van der Waals surface area (Å²) in [5.41, 5.74) is 5.66. The molecule has 154 valence electrons. The number of carbonyl (C=O) groups excluding carboxylic acids is 1. The largest absolute Gasteiger partial charge is 0.357 e. The molecule has 1 amide bonds. The van der Waals surface area contributed by atoms with Crippen molar-refractivity contribution in [3.63, 3.8) is 0 Å². The predicted molar refractivity (Wildman–Crippen MR) is 116 cm³/mol. The molecule has 0 unspecified atom stereocenters. The van der Waals surface area contributed by atoms with Gasteiger partial charge >= 0.3 is 0 Å². The van der Waals surface area contributed by atoms with Gasteiger partial charge in [0.15, 0.2) is 0 Å². The standard InChI is InChI=1S/C25H26FN3O/c1-15(2)16-5-6-18(20(26)11-16)22-12-17(7-10-27-22)21-13-19-23(29-21)25(8-3-4-9-25)14-28-24(19)30/h5-7,10-13,15,29H,3-4,8-9,14H2,1-2H3,(H,28,30). The SMILES string of the molecule is CC(C)c1ccc(-c2cc(-c3cc4c([nH]3)C3(CCCC3)CNC4=O)ccn2)c(F)c1. The smallest absolute Gasteiger partial charge is 0.253 e. The van der Waals surface area contributed by atoms with Crippen molar-refractivity contribution in [2.75, 3.05) is 6.54 Å². The molecule has 1 aliphatic carbocycles. The van der Waals surface area contributed by atoms with E-state index in [2.05, 4.69) is 15.3 Å². The molecule has 1 aliphatic heterocycles. The van der Waals surface area contributed by atoms with Gasteiger partial charge in [0.25, 0.3) is 5.91 Å². The van der Waals surface area contributed by atoms with E-state index >= 15 is 0 Å².